The molecule has 0 spiro atoms. The van der Waals surface area contributed by atoms with Crippen LogP contribution in [0.3, 0.4) is 0 Å². The van der Waals surface area contributed by atoms with Crippen molar-refractivity contribution in [2.45, 2.75) is 24.7 Å². The first kappa shape index (κ1) is 22.7. The SMILES string of the molecule is CC(C)c1ccc(S(=O)(=O)N2CCN(c3cc(=O)n4nc(-c5ccccc5)sc4n3)CC2)cc1. The molecular weight excluding hydrogens is 470 g/mol. The Bertz CT molecular complexity index is 1470. The Morgan fingerprint density at radius 1 is 0.941 bits per heavy atom. The number of sulfonamides is 1. The summed E-state index contributed by atoms with van der Waals surface area (Å²) in [6, 6.07) is 18.3. The molecule has 8 nitrogen and oxygen atoms in total. The number of hydrogen-bond acceptors (Lipinski definition) is 7. The van der Waals surface area contributed by atoms with E-state index >= 15 is 0 Å². The van der Waals surface area contributed by atoms with Gasteiger partial charge in [-0.25, -0.2) is 13.4 Å². The van der Waals surface area contributed by atoms with Crippen LogP contribution in [0.4, 0.5) is 5.82 Å². The molecule has 4 aromatic rings. The van der Waals surface area contributed by atoms with Crippen LogP contribution in [-0.4, -0.2) is 53.5 Å². The molecule has 1 aliphatic heterocycles. The third-order valence-electron chi connectivity index (χ3n) is 6.00. The van der Waals surface area contributed by atoms with Gasteiger partial charge in [-0.1, -0.05) is 67.6 Å². The maximum atomic E-state index is 13.1. The molecule has 0 amide bonds. The van der Waals surface area contributed by atoms with Crippen molar-refractivity contribution in [2.75, 3.05) is 31.1 Å². The van der Waals surface area contributed by atoms with E-state index in [0.717, 1.165) is 16.1 Å². The minimum absolute atomic E-state index is 0.251. The molecule has 0 unspecified atom stereocenters. The summed E-state index contributed by atoms with van der Waals surface area (Å²) in [4.78, 5) is 20.1. The van der Waals surface area contributed by atoms with E-state index in [1.807, 2.05) is 47.4 Å². The molecule has 2 aromatic carbocycles. The quantitative estimate of drug-likeness (QED) is 0.421. The van der Waals surface area contributed by atoms with E-state index in [0.29, 0.717) is 47.8 Å². The van der Waals surface area contributed by atoms with Crippen molar-refractivity contribution in [1.82, 2.24) is 18.9 Å². The summed E-state index contributed by atoms with van der Waals surface area (Å²) in [5.74, 6) is 0.892. The van der Waals surface area contributed by atoms with E-state index in [2.05, 4.69) is 23.9 Å². The van der Waals surface area contributed by atoms with Crippen molar-refractivity contribution in [2.24, 2.45) is 0 Å². The zero-order valence-corrected chi connectivity index (χ0v) is 20.6. The summed E-state index contributed by atoms with van der Waals surface area (Å²) in [6.07, 6.45) is 0. The maximum absolute atomic E-state index is 13.1. The van der Waals surface area contributed by atoms with Crippen LogP contribution < -0.4 is 10.5 Å². The Balaban J connectivity index is 1.34. The smallest absolute Gasteiger partial charge is 0.277 e. The molecule has 0 radical (unpaired) electrons. The lowest BCUT2D eigenvalue weighted by molar-refractivity contribution is 0.384. The van der Waals surface area contributed by atoms with Gasteiger partial charge in [0.1, 0.15) is 10.8 Å². The molecule has 1 fully saturated rings. The molecular formula is C24H25N5O3S2. The Labute approximate surface area is 202 Å². The lowest BCUT2D eigenvalue weighted by Gasteiger charge is -2.34. The molecule has 0 bridgehead atoms. The highest BCUT2D eigenvalue weighted by atomic mass is 32.2. The Hall–Kier alpha value is -3.08. The third kappa shape index (κ3) is 4.24. The monoisotopic (exact) mass is 495 g/mol. The first-order chi connectivity index (χ1) is 16.3. The van der Waals surface area contributed by atoms with Crippen molar-refractivity contribution in [3.05, 3.63) is 76.6 Å². The minimum Gasteiger partial charge on any atom is -0.354 e. The summed E-state index contributed by atoms with van der Waals surface area (Å²) in [7, 11) is -3.57. The molecule has 3 heterocycles. The molecule has 10 heteroatoms. The van der Waals surface area contributed by atoms with E-state index in [1.165, 1.54) is 26.2 Å². The number of nitrogens with zero attached hydrogens (tertiary/aromatic N) is 5. The van der Waals surface area contributed by atoms with E-state index in [-0.39, 0.29) is 5.56 Å². The largest absolute Gasteiger partial charge is 0.354 e. The fourth-order valence-electron chi connectivity index (χ4n) is 3.99. The van der Waals surface area contributed by atoms with Crippen LogP contribution in [0.2, 0.25) is 0 Å². The first-order valence-electron chi connectivity index (χ1n) is 11.1. The molecule has 2 aromatic heterocycles. The van der Waals surface area contributed by atoms with Crippen LogP contribution >= 0.6 is 11.3 Å². The van der Waals surface area contributed by atoms with E-state index in [1.54, 1.807) is 12.1 Å². The van der Waals surface area contributed by atoms with Gasteiger partial charge in [0, 0.05) is 37.8 Å². The molecule has 34 heavy (non-hydrogen) atoms. The minimum atomic E-state index is -3.57. The van der Waals surface area contributed by atoms with Gasteiger partial charge < -0.3 is 4.90 Å². The van der Waals surface area contributed by atoms with Crippen LogP contribution in [0.25, 0.3) is 15.5 Å². The zero-order chi connectivity index (χ0) is 23.9. The molecule has 0 atom stereocenters. The van der Waals surface area contributed by atoms with Gasteiger partial charge in [-0.15, -0.1) is 0 Å². The Morgan fingerprint density at radius 2 is 1.62 bits per heavy atom. The highest BCUT2D eigenvalue weighted by molar-refractivity contribution is 7.89. The van der Waals surface area contributed by atoms with Gasteiger partial charge in [0.15, 0.2) is 0 Å². The third-order valence-corrected chi connectivity index (χ3v) is 8.87. The van der Waals surface area contributed by atoms with Crippen molar-refractivity contribution < 1.29 is 8.42 Å². The number of fused-ring (bicyclic) bond motifs is 1. The van der Waals surface area contributed by atoms with Crippen molar-refractivity contribution in [3.8, 4) is 10.6 Å². The van der Waals surface area contributed by atoms with Gasteiger partial charge in [0.05, 0.1) is 4.90 Å². The lowest BCUT2D eigenvalue weighted by atomic mass is 10.0. The van der Waals surface area contributed by atoms with E-state index in [4.69, 9.17) is 0 Å². The van der Waals surface area contributed by atoms with E-state index in [9.17, 15) is 13.2 Å². The molecule has 0 aliphatic carbocycles. The molecule has 1 aliphatic rings. The van der Waals surface area contributed by atoms with Gasteiger partial charge in [0.25, 0.3) is 5.56 Å². The van der Waals surface area contributed by atoms with Crippen molar-refractivity contribution >= 4 is 32.1 Å². The molecule has 176 valence electrons. The van der Waals surface area contributed by atoms with Crippen LogP contribution in [0, 0.1) is 0 Å². The highest BCUT2D eigenvalue weighted by Crippen LogP contribution is 2.26. The topological polar surface area (TPSA) is 87.9 Å². The summed E-state index contributed by atoms with van der Waals surface area (Å²) in [6.45, 7) is 5.72. The predicted molar refractivity (Wildman–Crippen MR) is 134 cm³/mol. The van der Waals surface area contributed by atoms with Crippen LogP contribution in [0.1, 0.15) is 25.3 Å². The summed E-state index contributed by atoms with van der Waals surface area (Å²) < 4.78 is 29.0. The second kappa shape index (κ2) is 8.94. The number of piperazine rings is 1. The second-order valence-corrected chi connectivity index (χ2v) is 11.4. The number of aromatic nitrogens is 3. The summed E-state index contributed by atoms with van der Waals surface area (Å²) >= 11 is 1.36. The summed E-state index contributed by atoms with van der Waals surface area (Å²) in [5, 5.41) is 5.14. The number of anilines is 1. The molecule has 0 N–H and O–H groups in total. The van der Waals surface area contributed by atoms with Crippen LogP contribution in [-0.2, 0) is 10.0 Å². The molecule has 0 saturated carbocycles. The van der Waals surface area contributed by atoms with Crippen molar-refractivity contribution in [3.63, 3.8) is 0 Å². The van der Waals surface area contributed by atoms with Crippen LogP contribution in [0.15, 0.2) is 70.4 Å². The maximum Gasteiger partial charge on any atom is 0.277 e. The molecule has 5 rings (SSSR count). The van der Waals surface area contributed by atoms with Crippen LogP contribution in [0.5, 0.6) is 0 Å². The molecule has 1 saturated heterocycles. The fourth-order valence-corrected chi connectivity index (χ4v) is 6.32. The zero-order valence-electron chi connectivity index (χ0n) is 19.0. The van der Waals surface area contributed by atoms with Gasteiger partial charge in [-0.3, -0.25) is 4.79 Å². The predicted octanol–water partition coefficient (Wildman–Crippen LogP) is 3.45. The number of rotatable bonds is 5. The lowest BCUT2D eigenvalue weighted by Crippen LogP contribution is -2.49. The van der Waals surface area contributed by atoms with Gasteiger partial charge in [0.2, 0.25) is 15.0 Å². The highest BCUT2D eigenvalue weighted by Gasteiger charge is 2.29. The second-order valence-electron chi connectivity index (χ2n) is 8.54. The first-order valence-corrected chi connectivity index (χ1v) is 13.4. The average molecular weight is 496 g/mol. The Morgan fingerprint density at radius 3 is 2.26 bits per heavy atom. The normalized spacial score (nSPS) is 15.3. The number of hydrogen-bond donors (Lipinski definition) is 0. The average Bonchev–Trinajstić information content (AvgIpc) is 3.30. The van der Waals surface area contributed by atoms with Gasteiger partial charge in [-0.05, 0) is 23.6 Å². The van der Waals surface area contributed by atoms with Crippen molar-refractivity contribution in [1.29, 1.82) is 0 Å². The standard InChI is InChI=1S/C24H25N5O3S2/c1-17(2)18-8-10-20(11-9-18)34(31,32)28-14-12-27(13-15-28)21-16-22(30)29-24(25-21)33-23(26-29)19-6-4-3-5-7-19/h3-11,16-17H,12-15H2,1-2H3. The fraction of sp³-hybridized carbons (Fsp3) is 0.292. The van der Waals surface area contributed by atoms with Gasteiger partial charge in [-0.2, -0.15) is 13.9 Å². The van der Waals surface area contributed by atoms with Gasteiger partial charge >= 0.3 is 0 Å². The van der Waals surface area contributed by atoms with E-state index < -0.39 is 10.0 Å². The Kier molecular flexibility index (Phi) is 5.97. The number of benzene rings is 2. The summed E-state index contributed by atoms with van der Waals surface area (Å²) in [5.41, 5.74) is 1.79.